The Bertz CT molecular complexity index is 570. The van der Waals surface area contributed by atoms with E-state index in [1.807, 2.05) is 6.07 Å². The maximum absolute atomic E-state index is 14.2. The fourth-order valence-electron chi connectivity index (χ4n) is 1.70. The summed E-state index contributed by atoms with van der Waals surface area (Å²) in [5, 5.41) is 9.87. The van der Waals surface area contributed by atoms with Crippen LogP contribution in [-0.2, 0) is 0 Å². The third kappa shape index (κ3) is 3.26. The average molecular weight is 292 g/mol. The van der Waals surface area contributed by atoms with Gasteiger partial charge in [-0.25, -0.2) is 0 Å². The second-order valence-electron chi connectivity index (χ2n) is 4.27. The molecule has 0 radical (unpaired) electrons. The Hall–Kier alpha value is -1.65. The van der Waals surface area contributed by atoms with Crippen molar-refractivity contribution in [3.63, 3.8) is 0 Å². The largest absolute Gasteiger partial charge is 0.382 e. The minimum atomic E-state index is -3.40. The van der Waals surface area contributed by atoms with Crippen LogP contribution in [0.15, 0.2) is 77.0 Å². The van der Waals surface area contributed by atoms with E-state index in [9.17, 15) is 13.9 Å². The van der Waals surface area contributed by atoms with Gasteiger partial charge in [0.25, 0.3) is 0 Å². The molecule has 0 saturated heterocycles. The fourth-order valence-corrected chi connectivity index (χ4v) is 2.52. The van der Waals surface area contributed by atoms with Gasteiger partial charge in [0.1, 0.15) is 6.10 Å². The molecule has 1 atom stereocenters. The lowest BCUT2D eigenvalue weighted by Gasteiger charge is -2.24. The van der Waals surface area contributed by atoms with Gasteiger partial charge in [0, 0.05) is 4.90 Å². The van der Waals surface area contributed by atoms with Gasteiger partial charge < -0.3 is 5.11 Å². The van der Waals surface area contributed by atoms with E-state index >= 15 is 0 Å². The molecule has 0 saturated carbocycles. The molecule has 1 unspecified atom stereocenters. The van der Waals surface area contributed by atoms with Crippen LogP contribution in [0.4, 0.5) is 8.78 Å². The summed E-state index contributed by atoms with van der Waals surface area (Å²) < 4.78 is 28.4. The smallest absolute Gasteiger partial charge is 0.308 e. The topological polar surface area (TPSA) is 20.2 Å². The molecule has 2 aromatic carbocycles. The van der Waals surface area contributed by atoms with Crippen LogP contribution in [0, 0.1) is 0 Å². The van der Waals surface area contributed by atoms with Crippen LogP contribution < -0.4 is 0 Å². The first kappa shape index (κ1) is 14.8. The molecule has 2 rings (SSSR count). The van der Waals surface area contributed by atoms with Gasteiger partial charge in [-0.1, -0.05) is 66.9 Å². The number of aliphatic hydroxyl groups excluding tert-OH is 1. The second-order valence-corrected chi connectivity index (χ2v) is 5.44. The van der Waals surface area contributed by atoms with E-state index < -0.39 is 12.0 Å². The molecular formula is C16H14F2OS. The van der Waals surface area contributed by atoms with Gasteiger partial charge in [-0.2, -0.15) is 8.78 Å². The predicted octanol–water partition coefficient (Wildman–Crippen LogP) is 4.66. The molecule has 1 N–H and O–H groups in total. The van der Waals surface area contributed by atoms with Crippen molar-refractivity contribution in [1.29, 1.82) is 0 Å². The second kappa shape index (κ2) is 6.20. The van der Waals surface area contributed by atoms with E-state index in [0.29, 0.717) is 4.90 Å². The van der Waals surface area contributed by atoms with Gasteiger partial charge in [0.15, 0.2) is 0 Å². The number of thioether (sulfide) groups is 1. The van der Waals surface area contributed by atoms with Crippen LogP contribution in [0.25, 0.3) is 0 Å². The number of hydrogen-bond acceptors (Lipinski definition) is 2. The van der Waals surface area contributed by atoms with E-state index in [1.165, 1.54) is 12.1 Å². The summed E-state index contributed by atoms with van der Waals surface area (Å²) in [6, 6.07) is 16.7. The lowest BCUT2D eigenvalue weighted by molar-refractivity contribution is -0.0742. The Kier molecular flexibility index (Phi) is 4.57. The Balaban J connectivity index is 2.15. The highest BCUT2D eigenvalue weighted by Gasteiger charge is 2.42. The summed E-state index contributed by atoms with van der Waals surface area (Å²) in [7, 11) is 0. The lowest BCUT2D eigenvalue weighted by Crippen LogP contribution is -2.27. The Morgan fingerprint density at radius 2 is 1.50 bits per heavy atom. The highest BCUT2D eigenvalue weighted by molar-refractivity contribution is 8.03. The van der Waals surface area contributed by atoms with Crippen molar-refractivity contribution in [2.75, 3.05) is 0 Å². The zero-order chi connectivity index (χ0) is 14.6. The van der Waals surface area contributed by atoms with Crippen molar-refractivity contribution in [2.45, 2.75) is 16.9 Å². The van der Waals surface area contributed by atoms with Gasteiger partial charge >= 0.3 is 5.92 Å². The summed E-state index contributed by atoms with van der Waals surface area (Å²) >= 11 is 0.869. The summed E-state index contributed by atoms with van der Waals surface area (Å²) in [6.07, 6.45) is -1.90. The van der Waals surface area contributed by atoms with Gasteiger partial charge in [-0.3, -0.25) is 0 Å². The first-order valence-corrected chi connectivity index (χ1v) is 6.86. The molecule has 0 aliphatic rings. The quantitative estimate of drug-likeness (QED) is 0.809. The molecule has 0 aromatic heterocycles. The van der Waals surface area contributed by atoms with Crippen molar-refractivity contribution in [3.8, 4) is 0 Å². The lowest BCUT2D eigenvalue weighted by atomic mass is 10.0. The molecule has 0 fully saturated rings. The van der Waals surface area contributed by atoms with Gasteiger partial charge in [-0.15, -0.1) is 0 Å². The van der Waals surface area contributed by atoms with Crippen LogP contribution in [0.1, 0.15) is 11.7 Å². The van der Waals surface area contributed by atoms with E-state index in [0.717, 1.165) is 11.8 Å². The average Bonchev–Trinajstić information content (AvgIpc) is 2.48. The minimum Gasteiger partial charge on any atom is -0.382 e. The van der Waals surface area contributed by atoms with Crippen molar-refractivity contribution >= 4 is 11.8 Å². The fraction of sp³-hybridized carbons (Fsp3) is 0.125. The van der Waals surface area contributed by atoms with Crippen LogP contribution in [0.3, 0.4) is 0 Å². The molecule has 0 amide bonds. The van der Waals surface area contributed by atoms with Crippen LogP contribution in [-0.4, -0.2) is 11.0 Å². The molecule has 0 bridgehead atoms. The SMILES string of the molecule is C=C(Sc1ccccc1)C(F)(F)C(O)c1ccccc1. The Morgan fingerprint density at radius 3 is 2.05 bits per heavy atom. The molecule has 104 valence electrons. The number of aliphatic hydroxyl groups is 1. The normalized spacial score (nSPS) is 12.9. The van der Waals surface area contributed by atoms with Gasteiger partial charge in [-0.05, 0) is 17.7 Å². The highest BCUT2D eigenvalue weighted by atomic mass is 32.2. The van der Waals surface area contributed by atoms with Crippen LogP contribution >= 0.6 is 11.8 Å². The summed E-state index contributed by atoms with van der Waals surface area (Å²) in [6.45, 7) is 3.42. The monoisotopic (exact) mass is 292 g/mol. The third-order valence-corrected chi connectivity index (χ3v) is 3.84. The van der Waals surface area contributed by atoms with Crippen molar-refractivity contribution < 1.29 is 13.9 Å². The Morgan fingerprint density at radius 1 is 1.00 bits per heavy atom. The molecular weight excluding hydrogens is 278 g/mol. The third-order valence-electron chi connectivity index (χ3n) is 2.81. The maximum Gasteiger partial charge on any atom is 0.308 e. The highest BCUT2D eigenvalue weighted by Crippen LogP contribution is 2.43. The molecule has 0 aliphatic heterocycles. The van der Waals surface area contributed by atoms with Crippen LogP contribution in [0.2, 0.25) is 0 Å². The zero-order valence-corrected chi connectivity index (χ0v) is 11.5. The molecule has 2 aromatic rings. The molecule has 0 spiro atoms. The summed E-state index contributed by atoms with van der Waals surface area (Å²) in [4.78, 5) is 0.289. The zero-order valence-electron chi connectivity index (χ0n) is 10.7. The summed E-state index contributed by atoms with van der Waals surface area (Å²) in [5.41, 5.74) is 0.173. The molecule has 0 heterocycles. The van der Waals surface area contributed by atoms with Crippen LogP contribution in [0.5, 0.6) is 0 Å². The molecule has 4 heteroatoms. The van der Waals surface area contributed by atoms with E-state index in [2.05, 4.69) is 6.58 Å². The standard InChI is InChI=1S/C16H14F2OS/c1-12(20-14-10-6-3-7-11-14)16(17,18)15(19)13-8-4-2-5-9-13/h2-11,15,19H,1H2. The van der Waals surface area contributed by atoms with E-state index in [1.54, 1.807) is 42.5 Å². The van der Waals surface area contributed by atoms with Crippen molar-refractivity contribution in [3.05, 3.63) is 77.7 Å². The first-order valence-electron chi connectivity index (χ1n) is 6.05. The van der Waals surface area contributed by atoms with E-state index in [4.69, 9.17) is 0 Å². The molecule has 1 nitrogen and oxygen atoms in total. The Labute approximate surface area is 121 Å². The maximum atomic E-state index is 14.2. The minimum absolute atomic E-state index is 0.173. The van der Waals surface area contributed by atoms with Crippen molar-refractivity contribution in [1.82, 2.24) is 0 Å². The first-order chi connectivity index (χ1) is 9.51. The van der Waals surface area contributed by atoms with E-state index in [-0.39, 0.29) is 10.5 Å². The summed E-state index contributed by atoms with van der Waals surface area (Å²) in [5.74, 6) is -3.40. The molecule has 20 heavy (non-hydrogen) atoms. The number of hydrogen-bond donors (Lipinski definition) is 1. The van der Waals surface area contributed by atoms with Crippen molar-refractivity contribution in [2.24, 2.45) is 0 Å². The number of benzene rings is 2. The van der Waals surface area contributed by atoms with Gasteiger partial charge in [0.05, 0.1) is 4.91 Å². The molecule has 0 aliphatic carbocycles. The number of halogens is 2. The predicted molar refractivity (Wildman–Crippen MR) is 77.8 cm³/mol. The van der Waals surface area contributed by atoms with Gasteiger partial charge in [0.2, 0.25) is 0 Å². The number of rotatable bonds is 5. The number of alkyl halides is 2.